The zero-order valence-electron chi connectivity index (χ0n) is 4.32. The van der Waals surface area contributed by atoms with Gasteiger partial charge in [-0.1, -0.05) is 11.6 Å². The number of nitrogens with one attached hydrogen (secondary N) is 1. The van der Waals surface area contributed by atoms with Crippen LogP contribution in [-0.2, 0) is 0 Å². The maximum absolute atomic E-state index is 5.61. The van der Waals surface area contributed by atoms with E-state index in [0.29, 0.717) is 17.3 Å². The maximum atomic E-state index is 5.61. The lowest BCUT2D eigenvalue weighted by atomic mass is 10.3. The number of hydrogen-bond acceptors (Lipinski definition) is 2. The first-order chi connectivity index (χ1) is 3.80. The highest BCUT2D eigenvalue weighted by atomic mass is 35.5. The topological polar surface area (TPSA) is 38.0 Å². The third-order valence-corrected chi connectivity index (χ3v) is 1.30. The minimum absolute atomic E-state index is 0.657. The molecule has 0 radical (unpaired) electrons. The second kappa shape index (κ2) is 2.09. The van der Waals surface area contributed by atoms with E-state index in [2.05, 4.69) is 5.32 Å². The van der Waals surface area contributed by atoms with Crippen LogP contribution in [0.25, 0.3) is 0 Å². The molecule has 0 aromatic rings. The molecular formula is C5H7ClN2. The SMILES string of the molecule is NC1=C(Cl)CNC=C1. The number of hydrogen-bond donors (Lipinski definition) is 2. The van der Waals surface area contributed by atoms with Crippen LogP contribution in [0.4, 0.5) is 0 Å². The Morgan fingerprint density at radius 2 is 2.50 bits per heavy atom. The summed E-state index contributed by atoms with van der Waals surface area (Å²) < 4.78 is 0. The summed E-state index contributed by atoms with van der Waals surface area (Å²) in [6.07, 6.45) is 3.52. The molecule has 0 aromatic carbocycles. The second-order valence-electron chi connectivity index (χ2n) is 1.57. The molecule has 1 rings (SSSR count). The molecule has 8 heavy (non-hydrogen) atoms. The predicted octanol–water partition coefficient (Wildman–Crippen LogP) is 0.512. The Kier molecular flexibility index (Phi) is 1.44. The van der Waals surface area contributed by atoms with Crippen LogP contribution in [0.1, 0.15) is 0 Å². The van der Waals surface area contributed by atoms with Crippen LogP contribution in [0.2, 0.25) is 0 Å². The summed E-state index contributed by atoms with van der Waals surface area (Å²) in [6, 6.07) is 0. The molecule has 3 N–H and O–H groups in total. The van der Waals surface area contributed by atoms with E-state index in [4.69, 9.17) is 17.3 Å². The molecule has 3 heteroatoms. The molecule has 1 aliphatic heterocycles. The largest absolute Gasteiger partial charge is 0.398 e. The smallest absolute Gasteiger partial charge is 0.0601 e. The number of halogens is 1. The van der Waals surface area contributed by atoms with Gasteiger partial charge in [0.15, 0.2) is 0 Å². The van der Waals surface area contributed by atoms with Crippen molar-refractivity contribution in [2.24, 2.45) is 5.73 Å². The Morgan fingerprint density at radius 3 is 2.88 bits per heavy atom. The molecular weight excluding hydrogens is 124 g/mol. The quantitative estimate of drug-likeness (QED) is 0.502. The van der Waals surface area contributed by atoms with Crippen LogP contribution in [0.15, 0.2) is 23.0 Å². The van der Waals surface area contributed by atoms with Crippen molar-refractivity contribution in [1.29, 1.82) is 0 Å². The van der Waals surface area contributed by atoms with Gasteiger partial charge in [0.1, 0.15) is 0 Å². The highest BCUT2D eigenvalue weighted by Gasteiger charge is 1.98. The number of dihydropyridines is 1. The molecule has 44 valence electrons. The Labute approximate surface area is 53.0 Å². The summed E-state index contributed by atoms with van der Waals surface area (Å²) in [5.41, 5.74) is 6.06. The molecule has 0 aromatic heterocycles. The van der Waals surface area contributed by atoms with Crippen molar-refractivity contribution in [3.05, 3.63) is 23.0 Å². The standard InChI is InChI=1S/C5H7ClN2/c6-4-3-8-2-1-5(4)7/h1-2,8H,3,7H2. The van der Waals surface area contributed by atoms with Gasteiger partial charge in [0, 0.05) is 5.70 Å². The third kappa shape index (κ3) is 0.954. The van der Waals surface area contributed by atoms with Crippen LogP contribution in [0, 0.1) is 0 Å². The van der Waals surface area contributed by atoms with Gasteiger partial charge in [0.25, 0.3) is 0 Å². The Bertz CT molecular complexity index is 149. The second-order valence-corrected chi connectivity index (χ2v) is 2.03. The predicted molar refractivity (Wildman–Crippen MR) is 34.2 cm³/mol. The Hall–Kier alpha value is -0.630. The van der Waals surface area contributed by atoms with Gasteiger partial charge in [-0.05, 0) is 12.3 Å². The average molecular weight is 131 g/mol. The first kappa shape index (κ1) is 5.51. The van der Waals surface area contributed by atoms with E-state index in [1.54, 1.807) is 12.3 Å². The molecule has 0 saturated heterocycles. The first-order valence-corrected chi connectivity index (χ1v) is 2.72. The van der Waals surface area contributed by atoms with Crippen LogP contribution in [0.5, 0.6) is 0 Å². The van der Waals surface area contributed by atoms with Gasteiger partial charge in [-0.25, -0.2) is 0 Å². The lowest BCUT2D eigenvalue weighted by Crippen LogP contribution is -2.15. The number of rotatable bonds is 0. The van der Waals surface area contributed by atoms with Gasteiger partial charge in [0.05, 0.1) is 11.6 Å². The lowest BCUT2D eigenvalue weighted by molar-refractivity contribution is 0.939. The molecule has 0 aliphatic carbocycles. The number of nitrogens with two attached hydrogens (primary N) is 1. The van der Waals surface area contributed by atoms with Crippen molar-refractivity contribution in [1.82, 2.24) is 5.32 Å². The van der Waals surface area contributed by atoms with E-state index in [0.717, 1.165) is 0 Å². The fourth-order valence-electron chi connectivity index (χ4n) is 0.490. The van der Waals surface area contributed by atoms with Crippen LogP contribution in [0.3, 0.4) is 0 Å². The summed E-state index contributed by atoms with van der Waals surface area (Å²) in [5, 5.41) is 3.60. The molecule has 0 spiro atoms. The monoisotopic (exact) mass is 130 g/mol. The van der Waals surface area contributed by atoms with Gasteiger partial charge in [-0.3, -0.25) is 0 Å². The highest BCUT2D eigenvalue weighted by Crippen LogP contribution is 2.06. The van der Waals surface area contributed by atoms with E-state index >= 15 is 0 Å². The first-order valence-electron chi connectivity index (χ1n) is 2.35. The lowest BCUT2D eigenvalue weighted by Gasteiger charge is -2.06. The molecule has 0 fully saturated rings. The van der Waals surface area contributed by atoms with E-state index in [9.17, 15) is 0 Å². The molecule has 2 nitrogen and oxygen atoms in total. The highest BCUT2D eigenvalue weighted by molar-refractivity contribution is 6.30. The normalized spacial score (nSPS) is 18.6. The van der Waals surface area contributed by atoms with Gasteiger partial charge in [-0.15, -0.1) is 0 Å². The summed E-state index contributed by atoms with van der Waals surface area (Å²) >= 11 is 5.61. The van der Waals surface area contributed by atoms with E-state index < -0.39 is 0 Å². The van der Waals surface area contributed by atoms with Gasteiger partial charge < -0.3 is 11.1 Å². The molecule has 0 bridgehead atoms. The molecule has 0 unspecified atom stereocenters. The maximum Gasteiger partial charge on any atom is 0.0601 e. The van der Waals surface area contributed by atoms with Crippen molar-refractivity contribution >= 4 is 11.6 Å². The van der Waals surface area contributed by atoms with Crippen LogP contribution >= 0.6 is 11.6 Å². The van der Waals surface area contributed by atoms with Crippen molar-refractivity contribution in [3.8, 4) is 0 Å². The Balaban J connectivity index is 2.76. The minimum Gasteiger partial charge on any atom is -0.398 e. The fraction of sp³-hybridized carbons (Fsp3) is 0.200. The molecule has 1 aliphatic rings. The van der Waals surface area contributed by atoms with Gasteiger partial charge >= 0.3 is 0 Å². The van der Waals surface area contributed by atoms with Crippen molar-refractivity contribution < 1.29 is 0 Å². The van der Waals surface area contributed by atoms with Crippen molar-refractivity contribution in [2.45, 2.75) is 0 Å². The zero-order chi connectivity index (χ0) is 5.98. The van der Waals surface area contributed by atoms with E-state index in [1.165, 1.54) is 0 Å². The Morgan fingerprint density at radius 1 is 1.75 bits per heavy atom. The molecule has 0 atom stereocenters. The van der Waals surface area contributed by atoms with Crippen molar-refractivity contribution in [3.63, 3.8) is 0 Å². The van der Waals surface area contributed by atoms with Crippen molar-refractivity contribution in [2.75, 3.05) is 6.54 Å². The van der Waals surface area contributed by atoms with Crippen LogP contribution in [-0.4, -0.2) is 6.54 Å². The van der Waals surface area contributed by atoms with E-state index in [1.807, 2.05) is 0 Å². The number of allylic oxidation sites excluding steroid dienone is 1. The zero-order valence-corrected chi connectivity index (χ0v) is 5.07. The fourth-order valence-corrected chi connectivity index (χ4v) is 0.630. The summed E-state index contributed by atoms with van der Waals surface area (Å²) in [4.78, 5) is 0. The van der Waals surface area contributed by atoms with Crippen LogP contribution < -0.4 is 11.1 Å². The molecule has 0 amide bonds. The van der Waals surface area contributed by atoms with Gasteiger partial charge in [-0.2, -0.15) is 0 Å². The third-order valence-electron chi connectivity index (χ3n) is 0.951. The molecule has 1 heterocycles. The summed E-state index contributed by atoms with van der Waals surface area (Å²) in [6.45, 7) is 0.657. The summed E-state index contributed by atoms with van der Waals surface area (Å²) in [7, 11) is 0. The minimum atomic E-state index is 0.657. The van der Waals surface area contributed by atoms with E-state index in [-0.39, 0.29) is 0 Å². The average Bonchev–Trinajstić information content (AvgIpc) is 1.77. The van der Waals surface area contributed by atoms with Gasteiger partial charge in [0.2, 0.25) is 0 Å². The summed E-state index contributed by atoms with van der Waals surface area (Å²) in [5.74, 6) is 0. The molecule has 0 saturated carbocycles.